The molecule has 4 aliphatic heterocycles. The van der Waals surface area contributed by atoms with E-state index in [0.717, 1.165) is 82.9 Å². The Hall–Kier alpha value is -6.50. The van der Waals surface area contributed by atoms with Crippen LogP contribution in [0, 0.1) is 11.6 Å². The second-order valence-electron chi connectivity index (χ2n) is 22.3. The number of halogens is 2. The number of anilines is 6. The Balaban J connectivity index is 1.30. The standard InChI is InChI=1S/C60H50B2F2N2OS/c1-58(2,3)33-24-27-44-39(30-33)61-38-18-11-13-23-49(38)68-57-51(37-17-14-22-48-50(37)36-16-10-12-21-47(36)67-48)55-52-56(53(57)61)65(44)45-28-25-34(59(4,5)6)31-40(45)62(52)41-32-35(60(7,8)9)26-29-46(41)66(55)54-42(63)19-15-20-43(54)64/h10-32H,1-9H3. The summed E-state index contributed by atoms with van der Waals surface area (Å²) in [6.45, 7) is 20.0. The van der Waals surface area contributed by atoms with Crippen LogP contribution in [0.3, 0.4) is 0 Å². The van der Waals surface area contributed by atoms with Gasteiger partial charge in [-0.2, -0.15) is 0 Å². The van der Waals surface area contributed by atoms with Crippen molar-refractivity contribution in [3.63, 3.8) is 0 Å². The first-order valence-corrected chi connectivity index (χ1v) is 24.7. The van der Waals surface area contributed by atoms with Crippen molar-refractivity contribution in [2.24, 2.45) is 0 Å². The van der Waals surface area contributed by atoms with Crippen molar-refractivity contribution in [1.82, 2.24) is 0 Å². The average Bonchev–Trinajstić information content (AvgIpc) is 3.69. The van der Waals surface area contributed by atoms with E-state index in [1.54, 1.807) is 11.8 Å². The van der Waals surface area contributed by atoms with Gasteiger partial charge in [-0.3, -0.25) is 0 Å². The largest absolute Gasteiger partial charge is 0.456 e. The maximum atomic E-state index is 17.3. The first-order valence-electron chi connectivity index (χ1n) is 23.9. The van der Waals surface area contributed by atoms with Gasteiger partial charge < -0.3 is 14.2 Å². The summed E-state index contributed by atoms with van der Waals surface area (Å²) < 4.78 is 41.2. The summed E-state index contributed by atoms with van der Waals surface area (Å²) in [7, 11) is 0. The van der Waals surface area contributed by atoms with Gasteiger partial charge in [-0.1, -0.05) is 171 Å². The molecule has 13 rings (SSSR count). The minimum Gasteiger partial charge on any atom is -0.456 e. The number of nitrogens with zero attached hydrogens (tertiary/aromatic N) is 2. The van der Waals surface area contributed by atoms with Crippen LogP contribution in [0.15, 0.2) is 154 Å². The minimum absolute atomic E-state index is 0.0887. The molecule has 9 aromatic rings. The summed E-state index contributed by atoms with van der Waals surface area (Å²) in [5.74, 6) is -1.24. The molecule has 0 fully saturated rings. The number of hydrogen-bond acceptors (Lipinski definition) is 4. The van der Waals surface area contributed by atoms with E-state index in [1.807, 2.05) is 23.1 Å². The molecule has 4 aliphatic rings. The molecule has 0 saturated carbocycles. The van der Waals surface area contributed by atoms with Crippen LogP contribution >= 0.6 is 11.8 Å². The summed E-state index contributed by atoms with van der Waals surface area (Å²) in [5, 5.41) is 1.97. The predicted molar refractivity (Wildman–Crippen MR) is 284 cm³/mol. The quantitative estimate of drug-likeness (QED) is 0.161. The fraction of sp³-hybridized carbons (Fsp3) is 0.200. The lowest BCUT2D eigenvalue weighted by Gasteiger charge is -2.51. The molecule has 0 bridgehead atoms. The van der Waals surface area contributed by atoms with Gasteiger partial charge in [0, 0.05) is 48.9 Å². The lowest BCUT2D eigenvalue weighted by atomic mass is 9.29. The molecule has 0 saturated heterocycles. The number of hydrogen-bond donors (Lipinski definition) is 0. The highest BCUT2D eigenvalue weighted by atomic mass is 32.2. The highest BCUT2D eigenvalue weighted by Crippen LogP contribution is 2.56. The maximum absolute atomic E-state index is 17.3. The monoisotopic (exact) mass is 906 g/mol. The Morgan fingerprint density at radius 2 is 0.985 bits per heavy atom. The first-order chi connectivity index (χ1) is 32.5. The molecule has 8 aromatic carbocycles. The van der Waals surface area contributed by atoms with Crippen LogP contribution in [-0.4, -0.2) is 13.4 Å². The molecule has 332 valence electrons. The maximum Gasteiger partial charge on any atom is 0.252 e. The molecule has 5 heterocycles. The van der Waals surface area contributed by atoms with Crippen LogP contribution in [0.4, 0.5) is 42.9 Å². The van der Waals surface area contributed by atoms with Crippen molar-refractivity contribution in [3.05, 3.63) is 168 Å². The normalized spacial score (nSPS) is 14.5. The fourth-order valence-corrected chi connectivity index (χ4v) is 13.1. The van der Waals surface area contributed by atoms with Gasteiger partial charge in [0.2, 0.25) is 6.71 Å². The molecule has 0 radical (unpaired) electrons. The summed E-state index contributed by atoms with van der Waals surface area (Å²) >= 11 is 1.78. The van der Waals surface area contributed by atoms with Gasteiger partial charge in [-0.15, -0.1) is 0 Å². The van der Waals surface area contributed by atoms with Crippen LogP contribution in [0.5, 0.6) is 0 Å². The highest BCUT2D eigenvalue weighted by molar-refractivity contribution is 8.00. The van der Waals surface area contributed by atoms with E-state index in [0.29, 0.717) is 0 Å². The van der Waals surface area contributed by atoms with E-state index in [2.05, 4.69) is 170 Å². The van der Waals surface area contributed by atoms with Crippen LogP contribution in [0.1, 0.15) is 79.0 Å². The zero-order valence-corrected chi connectivity index (χ0v) is 40.7. The van der Waals surface area contributed by atoms with E-state index in [9.17, 15) is 0 Å². The summed E-state index contributed by atoms with van der Waals surface area (Å²) in [4.78, 5) is 6.73. The molecule has 0 unspecified atom stereocenters. The number of fused-ring (bicyclic) bond motifs is 13. The summed E-state index contributed by atoms with van der Waals surface area (Å²) in [5.41, 5.74) is 18.5. The lowest BCUT2D eigenvalue weighted by molar-refractivity contribution is 0.585. The molecular formula is C60H50B2F2N2OS. The van der Waals surface area contributed by atoms with Gasteiger partial charge in [0.05, 0.1) is 5.69 Å². The van der Waals surface area contributed by atoms with E-state index in [1.165, 1.54) is 56.1 Å². The predicted octanol–water partition coefficient (Wildman–Crippen LogP) is 12.8. The molecular weight excluding hydrogens is 856 g/mol. The second-order valence-corrected chi connectivity index (χ2v) is 23.4. The molecule has 0 amide bonds. The molecule has 0 spiro atoms. The minimum atomic E-state index is -0.621. The summed E-state index contributed by atoms with van der Waals surface area (Å²) in [6, 6.07) is 48.5. The third kappa shape index (κ3) is 5.73. The van der Waals surface area contributed by atoms with E-state index >= 15 is 8.78 Å². The zero-order valence-electron chi connectivity index (χ0n) is 39.9. The van der Waals surface area contributed by atoms with Gasteiger partial charge >= 0.3 is 0 Å². The molecule has 3 nitrogen and oxygen atoms in total. The second kappa shape index (κ2) is 14.0. The Morgan fingerprint density at radius 1 is 0.471 bits per heavy atom. The Bertz CT molecular complexity index is 3670. The number of furan rings is 1. The van der Waals surface area contributed by atoms with Crippen molar-refractivity contribution in [2.45, 2.75) is 88.3 Å². The van der Waals surface area contributed by atoms with Gasteiger partial charge in [0.15, 0.2) is 0 Å². The molecule has 0 aliphatic carbocycles. The van der Waals surface area contributed by atoms with Crippen LogP contribution in [-0.2, 0) is 16.2 Å². The average molecular weight is 907 g/mol. The van der Waals surface area contributed by atoms with E-state index in [4.69, 9.17) is 4.42 Å². The Morgan fingerprint density at radius 3 is 1.59 bits per heavy atom. The van der Waals surface area contributed by atoms with Gasteiger partial charge in [-0.05, 0) is 114 Å². The molecule has 1 aromatic heterocycles. The third-order valence-electron chi connectivity index (χ3n) is 15.1. The smallest absolute Gasteiger partial charge is 0.252 e. The van der Waals surface area contributed by atoms with Gasteiger partial charge in [0.1, 0.15) is 28.5 Å². The van der Waals surface area contributed by atoms with E-state index in [-0.39, 0.29) is 35.4 Å². The highest BCUT2D eigenvalue weighted by Gasteiger charge is 2.53. The number of rotatable bonds is 2. The van der Waals surface area contributed by atoms with Gasteiger partial charge in [-0.25, -0.2) is 8.78 Å². The third-order valence-corrected chi connectivity index (χ3v) is 16.3. The van der Waals surface area contributed by atoms with Crippen molar-refractivity contribution in [2.75, 3.05) is 9.80 Å². The van der Waals surface area contributed by atoms with Crippen LogP contribution in [0.2, 0.25) is 0 Å². The topological polar surface area (TPSA) is 19.6 Å². The van der Waals surface area contributed by atoms with Crippen molar-refractivity contribution < 1.29 is 13.2 Å². The first kappa shape index (κ1) is 41.7. The zero-order chi connectivity index (χ0) is 46.9. The lowest BCUT2D eigenvalue weighted by Crippen LogP contribution is -2.68. The van der Waals surface area contributed by atoms with Crippen LogP contribution in [0.25, 0.3) is 33.1 Å². The SMILES string of the molecule is CC(C)(C)c1ccc2c(c1)B1c3ccccc3Sc3c1c1c4c(c3-c3cccc5oc6ccccc6c35)N(c3c(F)cccc3F)c3ccc(C(C)(C)C)cc3B4c3cc(C(C)(C)C)ccc3N21. The van der Waals surface area contributed by atoms with Gasteiger partial charge in [0.25, 0.3) is 6.71 Å². The van der Waals surface area contributed by atoms with Crippen molar-refractivity contribution in [1.29, 1.82) is 0 Å². The Labute approximate surface area is 402 Å². The van der Waals surface area contributed by atoms with Crippen LogP contribution < -0.4 is 42.6 Å². The van der Waals surface area contributed by atoms with Crippen molar-refractivity contribution >= 4 is 114 Å². The van der Waals surface area contributed by atoms with Crippen molar-refractivity contribution in [3.8, 4) is 11.1 Å². The summed E-state index contributed by atoms with van der Waals surface area (Å²) in [6.07, 6.45) is 0. The molecule has 0 atom stereocenters. The number of para-hydroxylation sites is 2. The molecule has 68 heavy (non-hydrogen) atoms. The fourth-order valence-electron chi connectivity index (χ4n) is 11.8. The molecule has 0 N–H and O–H groups in total. The Kier molecular flexibility index (Phi) is 8.61. The van der Waals surface area contributed by atoms with E-state index < -0.39 is 11.6 Å². The number of benzene rings is 8. The molecule has 8 heteroatoms.